The van der Waals surface area contributed by atoms with Crippen molar-refractivity contribution in [1.82, 2.24) is 0 Å². The van der Waals surface area contributed by atoms with Crippen molar-refractivity contribution in [3.8, 4) is 0 Å². The number of hydrogen-bond acceptors (Lipinski definition) is 6. The molecule has 0 spiro atoms. The summed E-state index contributed by atoms with van der Waals surface area (Å²) >= 11 is 0. The zero-order valence-corrected chi connectivity index (χ0v) is 58.7. The maximum absolute atomic E-state index is 10.3. The summed E-state index contributed by atoms with van der Waals surface area (Å²) in [6.45, 7) is 9.03. The van der Waals surface area contributed by atoms with Gasteiger partial charge in [-0.05, 0) is 141 Å². The summed E-state index contributed by atoms with van der Waals surface area (Å²) in [6.07, 6.45) is 84.3. The van der Waals surface area contributed by atoms with E-state index in [0.717, 1.165) is 64.2 Å². The van der Waals surface area contributed by atoms with Gasteiger partial charge in [-0.15, -0.1) is 0 Å². The van der Waals surface area contributed by atoms with Gasteiger partial charge < -0.3 is 30.0 Å². The van der Waals surface area contributed by atoms with Gasteiger partial charge in [-0.2, -0.15) is 13.5 Å². The molecule has 0 saturated heterocycles. The van der Waals surface area contributed by atoms with Crippen LogP contribution < -0.4 is 10.2 Å². The molecule has 2 N–H and O–H groups in total. The van der Waals surface area contributed by atoms with Gasteiger partial charge in [0.05, 0.1) is 0 Å². The SMILES string of the molecule is CCCCCCCC/C=C\CCCCCCCC(=O)O.CCCCCCCC/C=C\CCCCCCCC(=O)O.CCCCCCCC/C=C\CCCCCCCC(=O)[O-].CCCCCCCC/C=C\CCCCCCCC(=O)[O-].S.[Zn+2]. The van der Waals surface area contributed by atoms with Crippen molar-refractivity contribution in [3.63, 3.8) is 0 Å². The molecule has 82 heavy (non-hydrogen) atoms. The molecule has 0 aromatic rings. The van der Waals surface area contributed by atoms with E-state index in [0.29, 0.717) is 12.8 Å². The minimum Gasteiger partial charge on any atom is -0.550 e. The van der Waals surface area contributed by atoms with Crippen LogP contribution in [0.25, 0.3) is 0 Å². The van der Waals surface area contributed by atoms with E-state index in [4.69, 9.17) is 10.2 Å². The van der Waals surface area contributed by atoms with E-state index in [2.05, 4.69) is 76.3 Å². The van der Waals surface area contributed by atoms with E-state index in [1.807, 2.05) is 0 Å². The van der Waals surface area contributed by atoms with E-state index >= 15 is 0 Å². The fraction of sp³-hybridized carbons (Fsp3) is 0.833. The van der Waals surface area contributed by atoms with Crippen molar-refractivity contribution in [2.45, 2.75) is 387 Å². The van der Waals surface area contributed by atoms with Gasteiger partial charge in [0, 0.05) is 24.8 Å². The molecule has 0 unspecified atom stereocenters. The van der Waals surface area contributed by atoms with Gasteiger partial charge >= 0.3 is 31.4 Å². The Morgan fingerprint density at radius 2 is 0.378 bits per heavy atom. The van der Waals surface area contributed by atoms with Crippen LogP contribution in [0.1, 0.15) is 387 Å². The number of unbranched alkanes of at least 4 members (excludes halogenated alkanes) is 44. The Kier molecular flexibility index (Phi) is 97.2. The maximum atomic E-state index is 10.3. The van der Waals surface area contributed by atoms with E-state index in [9.17, 15) is 29.4 Å². The third-order valence-electron chi connectivity index (χ3n) is 14.6. The van der Waals surface area contributed by atoms with E-state index in [-0.39, 0.29) is 45.8 Å². The van der Waals surface area contributed by atoms with Crippen LogP contribution in [0.3, 0.4) is 0 Å². The fourth-order valence-electron chi connectivity index (χ4n) is 9.37. The number of allylic oxidation sites excluding steroid dienone is 8. The number of carbonyl (C=O) groups excluding carboxylic acids is 2. The van der Waals surface area contributed by atoms with Crippen molar-refractivity contribution in [2.24, 2.45) is 0 Å². The first kappa shape index (κ1) is 91.0. The van der Waals surface area contributed by atoms with Crippen molar-refractivity contribution < 1.29 is 59.1 Å². The first-order chi connectivity index (χ1) is 39.1. The molecule has 0 radical (unpaired) electrons. The number of aliphatic carboxylic acids is 4. The summed E-state index contributed by atoms with van der Waals surface area (Å²) in [5, 5.41) is 37.4. The molecule has 0 aliphatic carbocycles. The topological polar surface area (TPSA) is 155 Å². The molecule has 0 aromatic carbocycles. The van der Waals surface area contributed by atoms with Crippen molar-refractivity contribution >= 4 is 37.4 Å². The van der Waals surface area contributed by atoms with E-state index < -0.39 is 23.9 Å². The average molecular weight is 1230 g/mol. The first-order valence-corrected chi connectivity index (χ1v) is 34.5. The Morgan fingerprint density at radius 1 is 0.244 bits per heavy atom. The number of carboxylic acids is 4. The monoisotopic (exact) mass is 1220 g/mol. The van der Waals surface area contributed by atoms with Crippen LogP contribution in [0, 0.1) is 0 Å². The van der Waals surface area contributed by atoms with Gasteiger partial charge in [0.15, 0.2) is 0 Å². The van der Waals surface area contributed by atoms with Gasteiger partial charge in [-0.25, -0.2) is 0 Å². The van der Waals surface area contributed by atoms with Gasteiger partial charge in [0.1, 0.15) is 0 Å². The summed E-state index contributed by atoms with van der Waals surface area (Å²) < 4.78 is 0. The van der Waals surface area contributed by atoms with Crippen molar-refractivity contribution in [3.05, 3.63) is 48.6 Å². The minimum absolute atomic E-state index is 0. The van der Waals surface area contributed by atoms with Crippen LogP contribution in [0.15, 0.2) is 48.6 Å². The summed E-state index contributed by atoms with van der Waals surface area (Å²) in [5.41, 5.74) is 0. The summed E-state index contributed by atoms with van der Waals surface area (Å²) in [7, 11) is 0. The number of carbonyl (C=O) groups is 4. The van der Waals surface area contributed by atoms with Gasteiger partial charge in [-0.1, -0.05) is 282 Å². The third kappa shape index (κ3) is 106. The number of rotatable bonds is 60. The number of carboxylic acid groups (broad SMARTS) is 4. The Morgan fingerprint density at radius 3 is 0.524 bits per heavy atom. The van der Waals surface area contributed by atoms with Gasteiger partial charge in [0.2, 0.25) is 0 Å². The normalized spacial score (nSPS) is 11.0. The minimum atomic E-state index is -0.914. The fourth-order valence-corrected chi connectivity index (χ4v) is 9.37. The van der Waals surface area contributed by atoms with E-state index in [1.54, 1.807) is 0 Å². The average Bonchev–Trinajstić information content (AvgIpc) is 3.43. The molecule has 0 fully saturated rings. The molecule has 0 aliphatic rings. The van der Waals surface area contributed by atoms with Crippen LogP contribution in [-0.4, -0.2) is 34.1 Å². The molecule has 480 valence electrons. The largest absolute Gasteiger partial charge is 2.00 e. The first-order valence-electron chi connectivity index (χ1n) is 34.5. The molecule has 0 aliphatic heterocycles. The molecule has 10 heteroatoms. The predicted molar refractivity (Wildman–Crippen MR) is 353 cm³/mol. The smallest absolute Gasteiger partial charge is 0.550 e. The zero-order valence-electron chi connectivity index (χ0n) is 54.8. The Labute approximate surface area is 529 Å². The van der Waals surface area contributed by atoms with Crippen molar-refractivity contribution in [2.75, 3.05) is 0 Å². The summed E-state index contributed by atoms with van der Waals surface area (Å²) in [4.78, 5) is 41.1. The van der Waals surface area contributed by atoms with Crippen molar-refractivity contribution in [1.29, 1.82) is 0 Å². The molecule has 0 rings (SSSR count). The Bertz CT molecular complexity index is 1150. The Balaban J connectivity index is -0.000000233. The molecule has 0 heterocycles. The second kappa shape index (κ2) is 87.6. The van der Waals surface area contributed by atoms with E-state index in [1.165, 1.54) is 270 Å². The molecule has 0 bridgehead atoms. The molecule has 0 aromatic heterocycles. The van der Waals surface area contributed by atoms with Gasteiger partial charge in [0.25, 0.3) is 0 Å². The van der Waals surface area contributed by atoms with Crippen LogP contribution >= 0.6 is 13.5 Å². The quantitative estimate of drug-likeness (QED) is 0.0347. The van der Waals surface area contributed by atoms with Crippen LogP contribution in [-0.2, 0) is 38.7 Å². The molecule has 0 saturated carbocycles. The number of hydrogen-bond donors (Lipinski definition) is 2. The molecule has 8 nitrogen and oxygen atoms in total. The van der Waals surface area contributed by atoms with Crippen LogP contribution in [0.4, 0.5) is 0 Å². The zero-order chi connectivity index (χ0) is 59.6. The molecule has 0 amide bonds. The summed E-state index contributed by atoms with van der Waals surface area (Å²) in [6, 6.07) is 0. The molecule has 0 atom stereocenters. The molecular formula is C72H136O8SZn. The summed E-state index contributed by atoms with van der Waals surface area (Å²) in [5.74, 6) is -3.16. The second-order valence-corrected chi connectivity index (χ2v) is 22.9. The molecular weight excluding hydrogens is 1090 g/mol. The predicted octanol–water partition coefficient (Wildman–Crippen LogP) is 21.9. The van der Waals surface area contributed by atoms with Gasteiger partial charge in [-0.3, -0.25) is 9.59 Å². The standard InChI is InChI=1S/4C18H34O2.H2S.Zn/c4*1-2-3-4-5-6-7-8-9-10-11-12-13-14-15-16-17-18(19)20;;/h4*9-10H,2-8,11-17H2,1H3,(H,19,20);1H2;/q;;;;;+2/p-2/b4*10-9-;;. The van der Waals surface area contributed by atoms with Crippen LogP contribution in [0.5, 0.6) is 0 Å². The third-order valence-corrected chi connectivity index (χ3v) is 14.6. The Hall–Kier alpha value is -2.19. The maximum Gasteiger partial charge on any atom is 2.00 e. The second-order valence-electron chi connectivity index (χ2n) is 22.9. The van der Waals surface area contributed by atoms with Crippen LogP contribution in [0.2, 0.25) is 0 Å².